The molecule has 0 spiro atoms. The highest BCUT2D eigenvalue weighted by atomic mass is 32.1. The van der Waals surface area contributed by atoms with E-state index in [-0.39, 0.29) is 101 Å². The molecule has 0 aliphatic heterocycles. The lowest BCUT2D eigenvalue weighted by atomic mass is 9.99. The van der Waals surface area contributed by atoms with E-state index in [9.17, 15) is 87.2 Å². The maximum Gasteiger partial charge on any atom is 0.305 e. The third-order valence-electron chi connectivity index (χ3n) is 14.9. The summed E-state index contributed by atoms with van der Waals surface area (Å²) in [4.78, 5) is 215. The number of nitrogens with zero attached hydrogens (tertiary/aromatic N) is 3. The van der Waals surface area contributed by atoms with Crippen molar-refractivity contribution in [1.29, 1.82) is 0 Å². The van der Waals surface area contributed by atoms with Crippen LogP contribution in [0.4, 0.5) is 0 Å². The van der Waals surface area contributed by atoms with Crippen LogP contribution in [0.5, 0.6) is 0 Å². The number of aliphatic imine (C=N–C) groups is 3. The molecule has 1 aromatic carbocycles. The van der Waals surface area contributed by atoms with Gasteiger partial charge in [0.1, 0.15) is 60.4 Å². The molecule has 42 heteroatoms. The minimum Gasteiger partial charge on any atom is -0.481 e. The Labute approximate surface area is 597 Å². The highest BCUT2D eigenvalue weighted by Gasteiger charge is 2.38. The van der Waals surface area contributed by atoms with E-state index in [0.29, 0.717) is 16.5 Å². The Morgan fingerprint density at radius 3 is 1.33 bits per heavy atom. The third-order valence-corrected chi connectivity index (χ3v) is 15.3. The average molecular weight is 1470 g/mol. The van der Waals surface area contributed by atoms with Crippen molar-refractivity contribution in [1.82, 2.24) is 68.8 Å². The molecule has 11 atom stereocenters. The van der Waals surface area contributed by atoms with E-state index in [1.165, 1.54) is 6.92 Å². The lowest BCUT2D eigenvalue weighted by Crippen LogP contribution is -2.61. The van der Waals surface area contributed by atoms with Crippen LogP contribution in [0.3, 0.4) is 0 Å². The number of nitrogens with two attached hydrogens (primary N) is 7. The molecule has 0 bridgehead atoms. The van der Waals surface area contributed by atoms with Crippen molar-refractivity contribution in [3.05, 3.63) is 36.0 Å². The van der Waals surface area contributed by atoms with Crippen molar-refractivity contribution in [3.8, 4) is 0 Å². The van der Waals surface area contributed by atoms with Gasteiger partial charge in [-0.05, 0) is 75.3 Å². The number of nitrogens with one attached hydrogen (secondary N) is 13. The number of primary amides is 1. The van der Waals surface area contributed by atoms with Gasteiger partial charge in [-0.1, -0.05) is 45.9 Å². The van der Waals surface area contributed by atoms with E-state index in [2.05, 4.69) is 96.4 Å². The number of para-hydroxylation sites is 1. The van der Waals surface area contributed by atoms with E-state index in [1.807, 2.05) is 0 Å². The number of aliphatic carboxylic acids is 2. The van der Waals surface area contributed by atoms with Crippen LogP contribution in [0.1, 0.15) is 105 Å². The number of aromatic amines is 1. The molecule has 41 nitrogen and oxygen atoms in total. The first-order valence-electron chi connectivity index (χ1n) is 32.6. The molecule has 2 aromatic rings. The summed E-state index contributed by atoms with van der Waals surface area (Å²) in [7, 11) is 0. The van der Waals surface area contributed by atoms with Crippen LogP contribution in [0.15, 0.2) is 45.4 Å². The largest absolute Gasteiger partial charge is 0.481 e. The Morgan fingerprint density at radius 1 is 0.476 bits per heavy atom. The summed E-state index contributed by atoms with van der Waals surface area (Å²) in [5, 5.41) is 59.9. The number of rotatable bonds is 47. The van der Waals surface area contributed by atoms with Gasteiger partial charge >= 0.3 is 11.9 Å². The molecular formula is C61H99N23O18S. The number of amides is 13. The zero-order valence-corrected chi connectivity index (χ0v) is 58.9. The number of aliphatic hydroxyl groups is 1. The molecule has 30 N–H and O–H groups in total. The molecular weight excluding hydrogens is 1370 g/mol. The summed E-state index contributed by atoms with van der Waals surface area (Å²) in [6, 6.07) is -9.08. The number of hydrogen-bond acceptors (Lipinski definition) is 20. The van der Waals surface area contributed by atoms with Gasteiger partial charge < -0.3 is 124 Å². The first-order valence-corrected chi connectivity index (χ1v) is 33.2. The monoisotopic (exact) mass is 1470 g/mol. The van der Waals surface area contributed by atoms with Crippen molar-refractivity contribution < 1.29 is 87.2 Å². The molecule has 11 unspecified atom stereocenters. The number of carboxylic acids is 2. The summed E-state index contributed by atoms with van der Waals surface area (Å²) in [6.07, 6.45) is -3.34. The van der Waals surface area contributed by atoms with Gasteiger partial charge in [-0.2, -0.15) is 12.6 Å². The molecule has 1 aromatic heterocycles. The Kier molecular flexibility index (Phi) is 38.4. The number of hydrogen-bond donors (Lipinski definition) is 24. The smallest absolute Gasteiger partial charge is 0.305 e. The number of aliphatic hydroxyl groups excluding tert-OH is 1. The Hall–Kier alpha value is -11.1. The van der Waals surface area contributed by atoms with Crippen molar-refractivity contribution in [2.45, 2.75) is 172 Å². The van der Waals surface area contributed by atoms with Gasteiger partial charge in [0.2, 0.25) is 76.8 Å². The van der Waals surface area contributed by atoms with Gasteiger partial charge in [-0.25, -0.2) is 0 Å². The van der Waals surface area contributed by atoms with Crippen LogP contribution in [-0.2, 0) is 78.3 Å². The van der Waals surface area contributed by atoms with Crippen LogP contribution in [0.25, 0.3) is 10.9 Å². The van der Waals surface area contributed by atoms with Crippen molar-refractivity contribution in [3.63, 3.8) is 0 Å². The molecule has 1 heterocycles. The summed E-state index contributed by atoms with van der Waals surface area (Å²) in [6.45, 7) is 6.77. The first-order chi connectivity index (χ1) is 48.3. The second kappa shape index (κ2) is 44.9. The zero-order chi connectivity index (χ0) is 77.8. The first kappa shape index (κ1) is 88.0. The number of benzene rings is 1. The van der Waals surface area contributed by atoms with E-state index in [4.69, 9.17) is 40.1 Å². The van der Waals surface area contributed by atoms with Gasteiger partial charge in [0.15, 0.2) is 17.9 Å². The average Bonchev–Trinajstić information content (AvgIpc) is 1.77. The fourth-order valence-corrected chi connectivity index (χ4v) is 10.1. The maximum atomic E-state index is 14.3. The van der Waals surface area contributed by atoms with Crippen molar-refractivity contribution in [2.24, 2.45) is 66.9 Å². The predicted molar refractivity (Wildman–Crippen MR) is 376 cm³/mol. The number of carboxylic acid groups (broad SMARTS) is 2. The molecule has 0 fully saturated rings. The number of aromatic nitrogens is 1. The number of carbonyl (C=O) groups is 15. The van der Waals surface area contributed by atoms with Crippen LogP contribution in [-0.4, -0.2) is 232 Å². The van der Waals surface area contributed by atoms with Gasteiger partial charge in [0, 0.05) is 55.8 Å². The second-order valence-electron chi connectivity index (χ2n) is 24.5. The molecule has 572 valence electrons. The second-order valence-corrected chi connectivity index (χ2v) is 24.9. The number of guanidine groups is 3. The van der Waals surface area contributed by atoms with Gasteiger partial charge in [-0.15, -0.1) is 0 Å². The maximum absolute atomic E-state index is 14.3. The zero-order valence-electron chi connectivity index (χ0n) is 58.0. The molecule has 2 rings (SSSR count). The quantitative estimate of drug-likeness (QED) is 0.0127. The summed E-state index contributed by atoms with van der Waals surface area (Å²) in [5.74, 6) is -18.7. The molecule has 0 saturated heterocycles. The molecule has 13 amide bonds. The summed E-state index contributed by atoms with van der Waals surface area (Å²) < 4.78 is 0. The van der Waals surface area contributed by atoms with E-state index in [0.717, 1.165) is 6.92 Å². The van der Waals surface area contributed by atoms with Crippen LogP contribution in [0, 0.1) is 11.8 Å². The van der Waals surface area contributed by atoms with Gasteiger partial charge in [0.25, 0.3) is 0 Å². The van der Waals surface area contributed by atoms with Crippen molar-refractivity contribution >= 4 is 130 Å². The third kappa shape index (κ3) is 33.8. The molecule has 0 aliphatic rings. The molecule has 0 aliphatic carbocycles. The SMILES string of the molecule is CC(=O)NC(CS)C(=O)NC(CCCN=C(N)N)C(=O)NC(C(=O)NC(CC(C)C)C(=O)NC(CC(=O)O)C(=O)NCC(=O)NC(CC(=O)O)C(=O)NC(CCCN=C(N)N)C(=O)NC(C(=O)NC(CCCN=C(N)N)C(=O)NC(Cc1c[nH]c2ccccc12)C(=O)NCC(N)=O)C(C)O)C(C)C. The fraction of sp³-hybridized carbons (Fsp3) is 0.574. The lowest BCUT2D eigenvalue weighted by Gasteiger charge is -2.29. The van der Waals surface area contributed by atoms with E-state index < -0.39 is 187 Å². The Bertz CT molecular complexity index is 3390. The number of carbonyl (C=O) groups excluding carboxylic acids is 13. The topological polar surface area (TPSA) is 696 Å². The lowest BCUT2D eigenvalue weighted by molar-refractivity contribution is -0.141. The van der Waals surface area contributed by atoms with E-state index in [1.54, 1.807) is 58.2 Å². The van der Waals surface area contributed by atoms with Crippen LogP contribution < -0.4 is 104 Å². The predicted octanol–water partition coefficient (Wildman–Crippen LogP) is -8.58. The minimum atomic E-state index is -2.06. The molecule has 0 saturated carbocycles. The fourth-order valence-electron chi connectivity index (χ4n) is 9.85. The van der Waals surface area contributed by atoms with Gasteiger partial charge in [0.05, 0.1) is 32.0 Å². The normalized spacial score (nSPS) is 14.2. The van der Waals surface area contributed by atoms with E-state index >= 15 is 0 Å². The minimum absolute atomic E-state index is 0.0210. The summed E-state index contributed by atoms with van der Waals surface area (Å²) >= 11 is 4.11. The Morgan fingerprint density at radius 2 is 0.874 bits per heavy atom. The highest BCUT2D eigenvalue weighted by molar-refractivity contribution is 7.80. The van der Waals surface area contributed by atoms with Crippen molar-refractivity contribution in [2.75, 3.05) is 38.5 Å². The van der Waals surface area contributed by atoms with Crippen LogP contribution >= 0.6 is 12.6 Å². The number of thiol groups is 1. The summed E-state index contributed by atoms with van der Waals surface area (Å²) in [5.41, 5.74) is 39.3. The van der Waals surface area contributed by atoms with Crippen LogP contribution in [0.2, 0.25) is 0 Å². The highest BCUT2D eigenvalue weighted by Crippen LogP contribution is 2.20. The molecule has 103 heavy (non-hydrogen) atoms. The standard InChI is InChI=1S/C61H99N23O18S/c1-28(2)20-38(82-57(101)47(29(3)4)83-52(96)36(15-10-18-70-60(65)66)78-56(100)42(27-103)75-31(6)86)54(98)81-40(22-45(89)90)50(94)74-26-44(88)76-41(23-46(91)92)55(99)77-37(16-11-19-71-61(67)68)53(97)84-48(30(5)85)58(102)79-35(14-9-17-69-59(63)64)51(95)80-39(49(93)73-25-43(62)87)21-32-24-72-34-13-8-7-12-33(32)34/h7-8,12-13,24,28-30,35-42,47-48,72,85,103H,9-11,14-23,25-27H2,1-6H3,(H2,62,87)(H,73,93)(H,74,94)(H,75,86)(H,76,88)(H,77,99)(H,78,100)(H,79,102)(H,80,95)(H,81,98)(H,82,101)(H,83,96)(H,84,97)(H,89,90)(H,91,92)(H4,63,64,69)(H4,65,66,70)(H4,67,68,71). The van der Waals surface area contributed by atoms with Gasteiger partial charge in [-0.3, -0.25) is 86.9 Å². The molecule has 0 radical (unpaired) electrons. The number of H-pyrrole nitrogens is 1. The number of fused-ring (bicyclic) bond motifs is 1. The Balaban J connectivity index is 2.42.